The summed E-state index contributed by atoms with van der Waals surface area (Å²) in [5.41, 5.74) is 0. The van der Waals surface area contributed by atoms with Crippen molar-refractivity contribution in [2.75, 3.05) is 0 Å². The van der Waals surface area contributed by atoms with Crippen molar-refractivity contribution in [2.45, 2.75) is 6.92 Å². The van der Waals surface area contributed by atoms with Gasteiger partial charge >= 0.3 is 5.97 Å². The zero-order chi connectivity index (χ0) is 5.15. The third kappa shape index (κ3) is 1.46. The van der Waals surface area contributed by atoms with Crippen molar-refractivity contribution < 1.29 is 14.7 Å². The van der Waals surface area contributed by atoms with Crippen molar-refractivity contribution in [1.82, 2.24) is 0 Å². The van der Waals surface area contributed by atoms with Gasteiger partial charge in [0.05, 0.1) is 0 Å². The highest BCUT2D eigenvalue weighted by Gasteiger charge is 1.98. The van der Waals surface area contributed by atoms with Crippen molar-refractivity contribution in [2.24, 2.45) is 0 Å². The van der Waals surface area contributed by atoms with Crippen LogP contribution in [0.2, 0.25) is 0 Å². The molecule has 0 aromatic carbocycles. The molecule has 0 aliphatic heterocycles. The number of rotatable bonds is 1. The number of ketones is 1. The molecule has 1 N–H and O–H groups in total. The summed E-state index contributed by atoms with van der Waals surface area (Å²) in [6, 6.07) is 0. The number of carboxylic acid groups (broad SMARTS) is 1. The topological polar surface area (TPSA) is 54.4 Å². The van der Waals surface area contributed by atoms with Crippen LogP contribution in [0, 0.1) is 0 Å². The van der Waals surface area contributed by atoms with Crippen LogP contribution >= 0.6 is 0 Å². The van der Waals surface area contributed by atoms with Crippen LogP contribution in [-0.2, 0) is 9.59 Å². The molecule has 3 nitrogen and oxygen atoms in total. The van der Waals surface area contributed by atoms with E-state index < -0.39 is 11.8 Å². The highest BCUT2D eigenvalue weighted by Crippen LogP contribution is 1.61. The van der Waals surface area contributed by atoms with Gasteiger partial charge in [-0.2, -0.15) is 0 Å². The van der Waals surface area contributed by atoms with Gasteiger partial charge in [0, 0.05) is 6.92 Å². The smallest absolute Gasteiger partial charge is 0.371 e. The second-order valence-corrected chi connectivity index (χ2v) is 0.861. The normalized spacial score (nSPS) is 7.50. The van der Waals surface area contributed by atoms with Gasteiger partial charge in [0.1, 0.15) is 0 Å². The summed E-state index contributed by atoms with van der Waals surface area (Å²) in [6.07, 6.45) is 0. The van der Waals surface area contributed by atoms with Gasteiger partial charge in [-0.15, -0.1) is 0 Å². The van der Waals surface area contributed by atoms with E-state index in [0.29, 0.717) is 0 Å². The van der Waals surface area contributed by atoms with Gasteiger partial charge in [-0.05, 0) is 0 Å². The summed E-state index contributed by atoms with van der Waals surface area (Å²) in [7, 11) is 0. The lowest BCUT2D eigenvalue weighted by Gasteiger charge is -1.73. The van der Waals surface area contributed by atoms with E-state index in [9.17, 15) is 9.59 Å². The molecule has 0 saturated heterocycles. The van der Waals surface area contributed by atoms with Gasteiger partial charge in [0.2, 0.25) is 5.78 Å². The molecule has 0 saturated carbocycles. The Morgan fingerprint density at radius 3 is 1.67 bits per heavy atom. The minimum absolute atomic E-state index is 0.824. The molecule has 0 unspecified atom stereocenters. The molecule has 34 valence electrons. The number of hydrogen-bond acceptors (Lipinski definition) is 2. The van der Waals surface area contributed by atoms with Crippen molar-refractivity contribution in [3.05, 3.63) is 0 Å². The fraction of sp³-hybridized carbons (Fsp3) is 0.333. The highest BCUT2D eigenvalue weighted by atomic mass is 16.4. The second-order valence-electron chi connectivity index (χ2n) is 0.861. The van der Waals surface area contributed by atoms with Crippen molar-refractivity contribution in [3.63, 3.8) is 0 Å². The molecule has 0 aromatic heterocycles. The van der Waals surface area contributed by atoms with Gasteiger partial charge < -0.3 is 5.11 Å². The minimum Gasteiger partial charge on any atom is -0.476 e. The van der Waals surface area contributed by atoms with Crippen LogP contribution in [-0.4, -0.2) is 16.9 Å². The summed E-state index contributed by atoms with van der Waals surface area (Å²) >= 11 is 0. The predicted molar refractivity (Wildman–Crippen MR) is 18.3 cm³/mol. The van der Waals surface area contributed by atoms with Gasteiger partial charge in [0.25, 0.3) is 0 Å². The molecule has 0 spiro atoms. The van der Waals surface area contributed by atoms with Crippen molar-refractivity contribution in [1.29, 1.82) is 0 Å². The Hall–Kier alpha value is -0.860. The number of Topliss-reactive ketones (excluding diaryl/α,β-unsaturated/α-hetero) is 1. The first kappa shape index (κ1) is 5.14. The van der Waals surface area contributed by atoms with Crippen molar-refractivity contribution in [3.8, 4) is 0 Å². The number of hydrogen-bond donors (Lipinski definition) is 1. The van der Waals surface area contributed by atoms with Crippen LogP contribution in [0.3, 0.4) is 0 Å². The maximum absolute atomic E-state index is 9.54. The molecular weight excluding hydrogens is 86.0 g/mol. The Morgan fingerprint density at radius 1 is 1.50 bits per heavy atom. The van der Waals surface area contributed by atoms with Gasteiger partial charge in [-0.3, -0.25) is 4.79 Å². The lowest BCUT2D eigenvalue weighted by Crippen LogP contribution is -2.05. The highest BCUT2D eigenvalue weighted by molar-refractivity contribution is 6.31. The first-order chi connectivity index (χ1) is 2.64. The zero-order valence-electron chi connectivity index (χ0n) is 3.26. The molecule has 0 bridgehead atoms. The first-order valence-electron chi connectivity index (χ1n) is 1.38. The Balaban J connectivity index is 3.57. The van der Waals surface area contributed by atoms with E-state index in [1.165, 1.54) is 0 Å². The molecule has 3 heteroatoms. The molecule has 6 heavy (non-hydrogen) atoms. The average Bonchev–Trinajstić information content (AvgIpc) is 1.36. The fourth-order valence-corrected chi connectivity index (χ4v) is 0. The number of carbonyl (C=O) groups excluding carboxylic acids is 1. The van der Waals surface area contributed by atoms with E-state index in [-0.39, 0.29) is 0 Å². The maximum Gasteiger partial charge on any atom is 0.371 e. The first-order valence-corrected chi connectivity index (χ1v) is 1.38. The maximum atomic E-state index is 9.54. The fourth-order valence-electron chi connectivity index (χ4n) is 0. The molecule has 0 rings (SSSR count). The van der Waals surface area contributed by atoms with E-state index in [4.69, 9.17) is 5.11 Å². The lowest BCUT2D eigenvalue weighted by molar-refractivity contribution is -0.148. The minimum atomic E-state index is -1.38. The van der Waals surface area contributed by atoms with Crippen LogP contribution in [0.4, 0.5) is 0 Å². The largest absolute Gasteiger partial charge is 0.476 e. The summed E-state index contributed by atoms with van der Waals surface area (Å²) in [4.78, 5) is 18.9. The summed E-state index contributed by atoms with van der Waals surface area (Å²) < 4.78 is 0. The van der Waals surface area contributed by atoms with Gasteiger partial charge in [-0.25, -0.2) is 4.79 Å². The average molecular weight is 90.1 g/mol. The molecular formula is C3H4O3. The van der Waals surface area contributed by atoms with Crippen LogP contribution in [0.15, 0.2) is 0 Å². The van der Waals surface area contributed by atoms with Crippen LogP contribution < -0.4 is 0 Å². The van der Waals surface area contributed by atoms with E-state index in [2.05, 4.69) is 0 Å². The van der Waals surface area contributed by atoms with E-state index in [1.807, 2.05) is 0 Å². The quantitative estimate of drug-likeness (QED) is 0.448. The van der Waals surface area contributed by atoms with E-state index in [0.717, 1.165) is 6.92 Å². The predicted octanol–water partition coefficient (Wildman–Crippen LogP) is -0.340. The lowest BCUT2D eigenvalue weighted by atomic mass is 10.7. The molecule has 0 heterocycles. The van der Waals surface area contributed by atoms with E-state index in [1.54, 1.807) is 0 Å². The molecule has 0 aliphatic carbocycles. The molecule has 0 amide bonds. The third-order valence-electron chi connectivity index (χ3n) is 0.301. The molecule has 0 aliphatic rings. The summed E-state index contributed by atoms with van der Waals surface area (Å²) in [6.45, 7) is 1.00. The standard InChI is InChI=1S/C3H4O3/c1-2(4)3(5)6/h1H3,(H,5,6)/i1+2. The second kappa shape index (κ2) is 1.55. The van der Waals surface area contributed by atoms with Crippen LogP contribution in [0.25, 0.3) is 0 Å². The monoisotopic (exact) mass is 90.0 g/mol. The summed E-state index contributed by atoms with van der Waals surface area (Å²) in [5, 5.41) is 7.64. The Kier molecular flexibility index (Phi) is 1.32. The third-order valence-corrected chi connectivity index (χ3v) is 0.301. The van der Waals surface area contributed by atoms with Crippen LogP contribution in [0.5, 0.6) is 0 Å². The van der Waals surface area contributed by atoms with E-state index >= 15 is 0 Å². The molecule has 0 aromatic rings. The number of carboxylic acids is 1. The van der Waals surface area contributed by atoms with Gasteiger partial charge in [0.15, 0.2) is 0 Å². The van der Waals surface area contributed by atoms with Gasteiger partial charge in [-0.1, -0.05) is 0 Å². The summed E-state index contributed by atoms with van der Waals surface area (Å²) in [5.74, 6) is -2.20. The number of aliphatic carboxylic acids is 1. The molecule has 0 radical (unpaired) electrons. The molecule has 0 fully saturated rings. The Bertz CT molecular complexity index is 72.0. The number of carbonyl (C=O) groups is 2. The SMILES string of the molecule is [14CH3]C(=O)C(=O)O. The Labute approximate surface area is 34.6 Å². The molecule has 0 atom stereocenters. The van der Waals surface area contributed by atoms with Crippen LogP contribution in [0.1, 0.15) is 6.92 Å². The zero-order valence-corrected chi connectivity index (χ0v) is 3.26. The van der Waals surface area contributed by atoms with Crippen molar-refractivity contribution >= 4 is 11.8 Å². The Morgan fingerprint density at radius 2 is 1.67 bits per heavy atom.